The lowest BCUT2D eigenvalue weighted by Gasteiger charge is -2.13. The molecule has 1 atom stereocenters. The van der Waals surface area contributed by atoms with Crippen molar-refractivity contribution in [3.63, 3.8) is 0 Å². The maximum atomic E-state index is 9.70. The molecule has 0 aliphatic carbocycles. The highest BCUT2D eigenvalue weighted by molar-refractivity contribution is 6.34. The van der Waals surface area contributed by atoms with Crippen LogP contribution in [0.1, 0.15) is 78.1 Å². The molecule has 0 fully saturated rings. The molecule has 20 heavy (non-hydrogen) atoms. The van der Waals surface area contributed by atoms with Crippen molar-refractivity contribution in [1.82, 2.24) is 0 Å². The number of hydrogen-bond donors (Lipinski definition) is 2. The second-order valence-corrected chi connectivity index (χ2v) is 5.43. The number of aliphatic hydroxyl groups excluding tert-OH is 1. The summed E-state index contributed by atoms with van der Waals surface area (Å²) in [6, 6.07) is 0. The fraction of sp³-hybridized carbons (Fsp3) is 1.00. The molecule has 0 saturated carbocycles. The molecule has 0 amide bonds. The van der Waals surface area contributed by atoms with Crippen molar-refractivity contribution in [1.29, 1.82) is 0 Å². The van der Waals surface area contributed by atoms with E-state index in [4.69, 9.17) is 9.31 Å². The molecular formula is C15H33BO4. The van der Waals surface area contributed by atoms with Gasteiger partial charge in [0.1, 0.15) is 0 Å². The summed E-state index contributed by atoms with van der Waals surface area (Å²) in [4.78, 5) is 0. The average Bonchev–Trinajstić information content (AvgIpc) is 2.45. The minimum absolute atomic E-state index is 0.140. The molecule has 0 rings (SSSR count). The van der Waals surface area contributed by atoms with Gasteiger partial charge >= 0.3 is 7.32 Å². The van der Waals surface area contributed by atoms with Gasteiger partial charge in [-0.15, -0.1) is 0 Å². The van der Waals surface area contributed by atoms with Gasteiger partial charge in [0.2, 0.25) is 0 Å². The molecule has 4 nitrogen and oxygen atoms in total. The summed E-state index contributed by atoms with van der Waals surface area (Å²) in [6.07, 6.45) is 11.1. The fourth-order valence-electron chi connectivity index (χ4n) is 2.06. The largest absolute Gasteiger partial charge is 0.636 e. The molecule has 0 radical (unpaired) electrons. The number of unbranched alkanes of at least 4 members (excludes halogenated alkanes) is 7. The molecule has 0 bridgehead atoms. The van der Waals surface area contributed by atoms with Crippen LogP contribution in [0.25, 0.3) is 0 Å². The van der Waals surface area contributed by atoms with Crippen LogP contribution in [0.5, 0.6) is 0 Å². The van der Waals surface area contributed by atoms with Crippen LogP contribution in [-0.2, 0) is 9.31 Å². The summed E-state index contributed by atoms with van der Waals surface area (Å²) in [5, 5.41) is 19.0. The van der Waals surface area contributed by atoms with Crippen molar-refractivity contribution in [3.05, 3.63) is 0 Å². The normalized spacial score (nSPS) is 12.6. The third-order valence-electron chi connectivity index (χ3n) is 3.29. The Hall–Kier alpha value is -0.0951. The quantitative estimate of drug-likeness (QED) is 0.358. The topological polar surface area (TPSA) is 58.9 Å². The molecule has 0 aromatic heterocycles. The summed E-state index contributed by atoms with van der Waals surface area (Å²) in [7, 11) is -1.21. The third-order valence-corrected chi connectivity index (χ3v) is 3.29. The minimum Gasteiger partial charge on any atom is -0.402 e. The van der Waals surface area contributed by atoms with E-state index in [1.807, 2.05) is 6.92 Å². The molecule has 1 unspecified atom stereocenters. The molecule has 0 spiro atoms. The molecule has 2 N–H and O–H groups in total. The van der Waals surface area contributed by atoms with Gasteiger partial charge in [-0.2, -0.15) is 0 Å². The summed E-state index contributed by atoms with van der Waals surface area (Å²) < 4.78 is 9.97. The maximum Gasteiger partial charge on any atom is 0.636 e. The molecule has 0 saturated heterocycles. The van der Waals surface area contributed by atoms with Crippen molar-refractivity contribution >= 4 is 7.32 Å². The average molecular weight is 288 g/mol. The van der Waals surface area contributed by atoms with Gasteiger partial charge in [0.15, 0.2) is 0 Å². The van der Waals surface area contributed by atoms with Crippen LogP contribution >= 0.6 is 0 Å². The first-order chi connectivity index (χ1) is 9.70. The zero-order valence-electron chi connectivity index (χ0n) is 13.4. The van der Waals surface area contributed by atoms with E-state index < -0.39 is 13.4 Å². The molecular weight excluding hydrogens is 255 g/mol. The Morgan fingerprint density at radius 2 is 1.45 bits per heavy atom. The van der Waals surface area contributed by atoms with Gasteiger partial charge in [0.05, 0.1) is 12.7 Å². The molecule has 0 aliphatic heterocycles. The standard InChI is InChI=1S/C15H33BO4/c1-3-5-6-7-8-9-10-11-12-15(17)14-20-16(18)19-13-4-2/h15,17-18H,3-14H2,1-2H3. The van der Waals surface area contributed by atoms with Crippen LogP contribution < -0.4 is 0 Å². The van der Waals surface area contributed by atoms with Gasteiger partial charge in [0, 0.05) is 6.61 Å². The van der Waals surface area contributed by atoms with E-state index in [0.717, 1.165) is 25.7 Å². The zero-order valence-corrected chi connectivity index (χ0v) is 13.4. The highest BCUT2D eigenvalue weighted by Crippen LogP contribution is 2.10. The van der Waals surface area contributed by atoms with Gasteiger partial charge in [-0.25, -0.2) is 0 Å². The van der Waals surface area contributed by atoms with E-state index in [2.05, 4.69) is 6.92 Å². The maximum absolute atomic E-state index is 9.70. The number of rotatable bonds is 15. The van der Waals surface area contributed by atoms with Crippen molar-refractivity contribution in [2.24, 2.45) is 0 Å². The Kier molecular flexibility index (Phi) is 15.2. The highest BCUT2D eigenvalue weighted by Gasteiger charge is 2.16. The van der Waals surface area contributed by atoms with Crippen LogP contribution in [0.15, 0.2) is 0 Å². The van der Waals surface area contributed by atoms with Crippen LogP contribution in [0, 0.1) is 0 Å². The molecule has 0 aromatic carbocycles. The SMILES string of the molecule is CCCCCCCCCCC(O)COB(O)OCCC. The van der Waals surface area contributed by atoms with Crippen molar-refractivity contribution in [3.8, 4) is 0 Å². The number of aliphatic hydroxyl groups is 1. The van der Waals surface area contributed by atoms with Gasteiger partial charge in [-0.3, -0.25) is 0 Å². The van der Waals surface area contributed by atoms with E-state index in [1.54, 1.807) is 0 Å². The van der Waals surface area contributed by atoms with Gasteiger partial charge in [0.25, 0.3) is 0 Å². The predicted molar refractivity (Wildman–Crippen MR) is 83.4 cm³/mol. The van der Waals surface area contributed by atoms with E-state index in [-0.39, 0.29) is 6.61 Å². The van der Waals surface area contributed by atoms with Gasteiger partial charge < -0.3 is 19.4 Å². The van der Waals surface area contributed by atoms with E-state index in [9.17, 15) is 10.1 Å². The summed E-state index contributed by atoms with van der Waals surface area (Å²) >= 11 is 0. The first-order valence-corrected chi connectivity index (χ1v) is 8.30. The van der Waals surface area contributed by atoms with Crippen molar-refractivity contribution in [2.45, 2.75) is 84.2 Å². The Bertz CT molecular complexity index is 193. The molecule has 0 heterocycles. The summed E-state index contributed by atoms with van der Waals surface area (Å²) in [5.41, 5.74) is 0. The predicted octanol–water partition coefficient (Wildman–Crippen LogP) is 3.30. The summed E-state index contributed by atoms with van der Waals surface area (Å²) in [6.45, 7) is 4.80. The lowest BCUT2D eigenvalue weighted by atomic mass is 10.1. The van der Waals surface area contributed by atoms with Crippen LogP contribution in [0.2, 0.25) is 0 Å². The zero-order chi connectivity index (χ0) is 15.1. The summed E-state index contributed by atoms with van der Waals surface area (Å²) in [5.74, 6) is 0. The first kappa shape index (κ1) is 19.9. The Morgan fingerprint density at radius 1 is 0.850 bits per heavy atom. The lowest BCUT2D eigenvalue weighted by molar-refractivity contribution is 0.0561. The number of hydrogen-bond acceptors (Lipinski definition) is 4. The van der Waals surface area contributed by atoms with E-state index in [0.29, 0.717) is 6.61 Å². The van der Waals surface area contributed by atoms with Gasteiger partial charge in [-0.1, -0.05) is 65.2 Å². The van der Waals surface area contributed by atoms with Gasteiger partial charge in [-0.05, 0) is 12.8 Å². The second kappa shape index (κ2) is 15.3. The highest BCUT2D eigenvalue weighted by atomic mass is 16.7. The van der Waals surface area contributed by atoms with Crippen LogP contribution in [0.3, 0.4) is 0 Å². The fourth-order valence-corrected chi connectivity index (χ4v) is 2.06. The molecule has 120 valence electrons. The monoisotopic (exact) mass is 288 g/mol. The van der Waals surface area contributed by atoms with Crippen molar-refractivity contribution < 1.29 is 19.4 Å². The minimum atomic E-state index is -1.21. The van der Waals surface area contributed by atoms with Crippen LogP contribution in [0.4, 0.5) is 0 Å². The molecule has 0 aromatic rings. The van der Waals surface area contributed by atoms with E-state index >= 15 is 0 Å². The Morgan fingerprint density at radius 3 is 2.05 bits per heavy atom. The molecule has 5 heteroatoms. The first-order valence-electron chi connectivity index (χ1n) is 8.30. The van der Waals surface area contributed by atoms with Crippen molar-refractivity contribution in [2.75, 3.05) is 13.2 Å². The van der Waals surface area contributed by atoms with E-state index in [1.165, 1.54) is 38.5 Å². The lowest BCUT2D eigenvalue weighted by Crippen LogP contribution is -2.28. The smallest absolute Gasteiger partial charge is 0.402 e. The second-order valence-electron chi connectivity index (χ2n) is 5.43. The van der Waals surface area contributed by atoms with Crippen LogP contribution in [-0.4, -0.2) is 36.8 Å². The molecule has 0 aliphatic rings. The third kappa shape index (κ3) is 14.3. The Balaban J connectivity index is 3.25. The Labute approximate surface area is 125 Å².